The monoisotopic (exact) mass is 361 g/mol. The molecule has 1 saturated carbocycles. The number of aromatic nitrogens is 4. The van der Waals surface area contributed by atoms with E-state index in [1.807, 2.05) is 22.9 Å². The van der Waals surface area contributed by atoms with Gasteiger partial charge in [-0.2, -0.15) is 4.68 Å². The Kier molecular flexibility index (Phi) is 4.68. The van der Waals surface area contributed by atoms with Gasteiger partial charge >= 0.3 is 0 Å². The summed E-state index contributed by atoms with van der Waals surface area (Å²) in [6.45, 7) is 6.62. The van der Waals surface area contributed by atoms with Crippen molar-refractivity contribution in [3.05, 3.63) is 65.5 Å². The predicted octanol–water partition coefficient (Wildman–Crippen LogP) is 4.80. The zero-order valence-corrected chi connectivity index (χ0v) is 16.3. The van der Waals surface area contributed by atoms with Crippen molar-refractivity contribution >= 4 is 5.69 Å². The van der Waals surface area contributed by atoms with Crippen LogP contribution in [0.5, 0.6) is 0 Å². The Morgan fingerprint density at radius 2 is 1.67 bits per heavy atom. The van der Waals surface area contributed by atoms with Gasteiger partial charge in [0, 0.05) is 5.69 Å². The highest BCUT2D eigenvalue weighted by atomic mass is 15.6. The number of hydrogen-bond acceptors (Lipinski definition) is 4. The van der Waals surface area contributed by atoms with Gasteiger partial charge in [-0.25, -0.2) is 0 Å². The van der Waals surface area contributed by atoms with E-state index in [0.29, 0.717) is 0 Å². The number of para-hydroxylation sites is 1. The molecule has 0 unspecified atom stereocenters. The minimum absolute atomic E-state index is 0.258. The van der Waals surface area contributed by atoms with Crippen LogP contribution in [0, 0.1) is 19.8 Å². The van der Waals surface area contributed by atoms with Crippen molar-refractivity contribution in [2.45, 2.75) is 52.0 Å². The van der Waals surface area contributed by atoms with Gasteiger partial charge in [-0.05, 0) is 91.3 Å². The molecule has 2 aromatic carbocycles. The average molecular weight is 361 g/mol. The van der Waals surface area contributed by atoms with Crippen LogP contribution in [0.1, 0.15) is 49.6 Å². The molecular weight excluding hydrogens is 334 g/mol. The second-order valence-corrected chi connectivity index (χ2v) is 8.02. The molecule has 27 heavy (non-hydrogen) atoms. The van der Waals surface area contributed by atoms with Gasteiger partial charge in [0.2, 0.25) is 0 Å². The van der Waals surface area contributed by atoms with Crippen molar-refractivity contribution < 1.29 is 0 Å². The second-order valence-electron chi connectivity index (χ2n) is 8.02. The van der Waals surface area contributed by atoms with E-state index in [0.717, 1.165) is 36.0 Å². The molecule has 5 heteroatoms. The van der Waals surface area contributed by atoms with Crippen molar-refractivity contribution in [3.63, 3.8) is 0 Å². The number of anilines is 1. The number of nitrogens with one attached hydrogen (secondary N) is 1. The maximum absolute atomic E-state index is 4.49. The summed E-state index contributed by atoms with van der Waals surface area (Å²) in [7, 11) is 0. The van der Waals surface area contributed by atoms with E-state index in [1.165, 1.54) is 24.0 Å². The van der Waals surface area contributed by atoms with Gasteiger partial charge in [0.05, 0.1) is 11.2 Å². The Labute approximate surface area is 160 Å². The summed E-state index contributed by atoms with van der Waals surface area (Å²) in [5.74, 6) is 1.64. The second kappa shape index (κ2) is 7.14. The maximum atomic E-state index is 4.49. The average Bonchev–Trinajstić information content (AvgIpc) is 3.14. The lowest BCUT2D eigenvalue weighted by molar-refractivity contribution is 0.255. The molecule has 0 saturated heterocycles. The molecule has 1 aliphatic rings. The summed E-state index contributed by atoms with van der Waals surface area (Å²) in [5, 5.41) is 16.7. The summed E-state index contributed by atoms with van der Waals surface area (Å²) < 4.78 is 1.89. The molecule has 1 N–H and O–H groups in total. The van der Waals surface area contributed by atoms with Gasteiger partial charge in [0.1, 0.15) is 0 Å². The fraction of sp³-hybridized carbons (Fsp3) is 0.409. The van der Waals surface area contributed by atoms with E-state index in [4.69, 9.17) is 0 Å². The molecule has 4 rings (SSSR count). The van der Waals surface area contributed by atoms with E-state index in [9.17, 15) is 0 Å². The maximum Gasteiger partial charge on any atom is 0.181 e. The smallest absolute Gasteiger partial charge is 0.181 e. The normalized spacial score (nSPS) is 22.6. The van der Waals surface area contributed by atoms with Crippen LogP contribution in [-0.4, -0.2) is 20.2 Å². The fourth-order valence-electron chi connectivity index (χ4n) is 4.21. The van der Waals surface area contributed by atoms with Crippen molar-refractivity contribution in [1.82, 2.24) is 20.2 Å². The Morgan fingerprint density at radius 3 is 2.33 bits per heavy atom. The molecule has 0 bridgehead atoms. The largest absolute Gasteiger partial charge is 0.373 e. The minimum Gasteiger partial charge on any atom is -0.373 e. The lowest BCUT2D eigenvalue weighted by Gasteiger charge is -2.39. The third-order valence-electron chi connectivity index (χ3n) is 5.63. The molecule has 0 radical (unpaired) electrons. The highest BCUT2D eigenvalue weighted by Crippen LogP contribution is 2.41. The first-order chi connectivity index (χ1) is 13.1. The molecule has 140 valence electrons. The Morgan fingerprint density at radius 1 is 1.00 bits per heavy atom. The van der Waals surface area contributed by atoms with Gasteiger partial charge < -0.3 is 5.32 Å². The minimum atomic E-state index is -0.258. The van der Waals surface area contributed by atoms with Crippen LogP contribution in [-0.2, 0) is 5.54 Å². The van der Waals surface area contributed by atoms with Crippen LogP contribution in [0.3, 0.4) is 0 Å². The standard InChI is InChI=1S/C22H27N5/c1-16-9-11-22(12-10-16,23-19-14-17(2)13-18(3)15-19)21-24-25-26-27(21)20-7-5-4-6-8-20/h4-8,13-16,23H,9-12H2,1-3H3. The molecule has 1 aromatic heterocycles. The molecule has 3 aromatic rings. The van der Waals surface area contributed by atoms with Crippen LogP contribution >= 0.6 is 0 Å². The number of aryl methyl sites for hydroxylation is 2. The van der Waals surface area contributed by atoms with Crippen LogP contribution in [0.15, 0.2) is 48.5 Å². The van der Waals surface area contributed by atoms with Gasteiger partial charge in [0.25, 0.3) is 0 Å². The Balaban J connectivity index is 1.77. The van der Waals surface area contributed by atoms with Crippen molar-refractivity contribution in [2.24, 2.45) is 5.92 Å². The Bertz CT molecular complexity index is 887. The highest BCUT2D eigenvalue weighted by Gasteiger charge is 2.40. The van der Waals surface area contributed by atoms with E-state index < -0.39 is 0 Å². The molecule has 1 fully saturated rings. The molecule has 0 atom stereocenters. The van der Waals surface area contributed by atoms with Gasteiger partial charge in [0.15, 0.2) is 5.82 Å². The van der Waals surface area contributed by atoms with Crippen molar-refractivity contribution in [1.29, 1.82) is 0 Å². The van der Waals surface area contributed by atoms with Crippen LogP contribution in [0.2, 0.25) is 0 Å². The van der Waals surface area contributed by atoms with E-state index >= 15 is 0 Å². The summed E-state index contributed by atoms with van der Waals surface area (Å²) in [4.78, 5) is 0. The topological polar surface area (TPSA) is 55.6 Å². The first kappa shape index (κ1) is 17.7. The molecule has 5 nitrogen and oxygen atoms in total. The number of rotatable bonds is 4. The zero-order chi connectivity index (χ0) is 18.9. The van der Waals surface area contributed by atoms with Gasteiger partial charge in [-0.1, -0.05) is 31.2 Å². The number of hydrogen-bond donors (Lipinski definition) is 1. The third kappa shape index (κ3) is 3.59. The summed E-state index contributed by atoms with van der Waals surface area (Å²) in [6.07, 6.45) is 4.38. The fourth-order valence-corrected chi connectivity index (χ4v) is 4.21. The predicted molar refractivity (Wildman–Crippen MR) is 108 cm³/mol. The van der Waals surface area contributed by atoms with E-state index in [2.05, 4.69) is 71.9 Å². The van der Waals surface area contributed by atoms with Gasteiger partial charge in [-0.15, -0.1) is 5.10 Å². The summed E-state index contributed by atoms with van der Waals surface area (Å²) in [6, 6.07) is 16.8. The number of tetrazole rings is 1. The first-order valence-electron chi connectivity index (χ1n) is 9.76. The summed E-state index contributed by atoms with van der Waals surface area (Å²) in [5.41, 5.74) is 4.41. The summed E-state index contributed by atoms with van der Waals surface area (Å²) >= 11 is 0. The molecule has 0 amide bonds. The van der Waals surface area contributed by atoms with Crippen LogP contribution in [0.25, 0.3) is 5.69 Å². The quantitative estimate of drug-likeness (QED) is 0.725. The van der Waals surface area contributed by atoms with E-state index in [-0.39, 0.29) is 5.54 Å². The molecule has 0 aliphatic heterocycles. The number of benzene rings is 2. The molecular formula is C22H27N5. The Hall–Kier alpha value is -2.69. The van der Waals surface area contributed by atoms with E-state index in [1.54, 1.807) is 0 Å². The molecule has 1 aliphatic carbocycles. The van der Waals surface area contributed by atoms with Crippen LogP contribution in [0.4, 0.5) is 5.69 Å². The molecule has 0 spiro atoms. The number of nitrogens with zero attached hydrogens (tertiary/aromatic N) is 4. The van der Waals surface area contributed by atoms with Crippen molar-refractivity contribution in [2.75, 3.05) is 5.32 Å². The highest BCUT2D eigenvalue weighted by molar-refractivity contribution is 5.51. The lowest BCUT2D eigenvalue weighted by atomic mass is 9.76. The van der Waals surface area contributed by atoms with Crippen LogP contribution < -0.4 is 5.32 Å². The first-order valence-corrected chi connectivity index (χ1v) is 9.76. The third-order valence-corrected chi connectivity index (χ3v) is 5.63. The zero-order valence-electron chi connectivity index (χ0n) is 16.3. The van der Waals surface area contributed by atoms with Crippen molar-refractivity contribution in [3.8, 4) is 5.69 Å². The van der Waals surface area contributed by atoms with Gasteiger partial charge in [-0.3, -0.25) is 0 Å². The SMILES string of the molecule is Cc1cc(C)cc(NC2(c3nnnn3-c3ccccc3)CCC(C)CC2)c1. The lowest BCUT2D eigenvalue weighted by Crippen LogP contribution is -2.41. The molecule has 1 heterocycles.